The fourth-order valence-electron chi connectivity index (χ4n) is 5.51. The van der Waals surface area contributed by atoms with Crippen LogP contribution in [0.4, 0.5) is 0 Å². The molecule has 0 aromatic carbocycles. The van der Waals surface area contributed by atoms with E-state index in [-0.39, 0.29) is 0 Å². The van der Waals surface area contributed by atoms with Crippen LogP contribution in [0.15, 0.2) is 0 Å². The van der Waals surface area contributed by atoms with Crippen molar-refractivity contribution < 1.29 is 0 Å². The van der Waals surface area contributed by atoms with Crippen LogP contribution >= 0.6 is 0 Å². The van der Waals surface area contributed by atoms with Crippen LogP contribution in [-0.2, 0) is 0 Å². The third-order valence-corrected chi connectivity index (χ3v) is 6.24. The standard InChI is InChI=1S/C17H31N/c1-5-18-15-10-12-8-6-7-9-13(12)14(15)11-16(18)17(2,3)4/h12-16H,5-11H2,1-4H3. The van der Waals surface area contributed by atoms with Crippen LogP contribution in [0.5, 0.6) is 0 Å². The molecule has 2 saturated carbocycles. The van der Waals surface area contributed by atoms with Gasteiger partial charge in [0.2, 0.25) is 0 Å². The van der Waals surface area contributed by atoms with Gasteiger partial charge < -0.3 is 0 Å². The molecular weight excluding hydrogens is 218 g/mol. The Bertz CT molecular complexity index is 303. The van der Waals surface area contributed by atoms with Gasteiger partial charge in [-0.15, -0.1) is 0 Å². The molecule has 18 heavy (non-hydrogen) atoms. The second kappa shape index (κ2) is 4.51. The molecule has 104 valence electrons. The van der Waals surface area contributed by atoms with E-state index in [2.05, 4.69) is 32.6 Å². The van der Waals surface area contributed by atoms with Gasteiger partial charge in [0.15, 0.2) is 0 Å². The highest BCUT2D eigenvalue weighted by Crippen LogP contribution is 2.55. The minimum Gasteiger partial charge on any atom is -0.297 e. The number of fused-ring (bicyclic) bond motifs is 3. The topological polar surface area (TPSA) is 3.24 Å². The molecule has 2 aliphatic carbocycles. The lowest BCUT2D eigenvalue weighted by molar-refractivity contribution is 0.106. The monoisotopic (exact) mass is 249 g/mol. The van der Waals surface area contributed by atoms with Crippen molar-refractivity contribution in [3.05, 3.63) is 0 Å². The Morgan fingerprint density at radius 3 is 2.39 bits per heavy atom. The molecule has 1 heteroatoms. The Balaban J connectivity index is 1.81. The van der Waals surface area contributed by atoms with Crippen LogP contribution in [0.2, 0.25) is 0 Å². The van der Waals surface area contributed by atoms with Crippen molar-refractivity contribution in [3.8, 4) is 0 Å². The van der Waals surface area contributed by atoms with Crippen LogP contribution in [0, 0.1) is 23.2 Å². The number of nitrogens with zero attached hydrogens (tertiary/aromatic N) is 1. The summed E-state index contributed by atoms with van der Waals surface area (Å²) in [7, 11) is 0. The van der Waals surface area contributed by atoms with Gasteiger partial charge in [0.1, 0.15) is 0 Å². The molecule has 5 unspecified atom stereocenters. The Kier molecular flexibility index (Phi) is 3.25. The fraction of sp³-hybridized carbons (Fsp3) is 1.00. The highest BCUT2D eigenvalue weighted by Gasteiger charge is 2.53. The summed E-state index contributed by atoms with van der Waals surface area (Å²) in [5.41, 5.74) is 0.463. The number of hydrogen-bond donors (Lipinski definition) is 0. The molecule has 1 aliphatic heterocycles. The molecule has 3 rings (SSSR count). The van der Waals surface area contributed by atoms with Crippen LogP contribution in [0.25, 0.3) is 0 Å². The maximum absolute atomic E-state index is 2.88. The van der Waals surface area contributed by atoms with E-state index in [1.54, 1.807) is 6.42 Å². The molecule has 1 nitrogen and oxygen atoms in total. The highest BCUT2D eigenvalue weighted by molar-refractivity contribution is 5.06. The first-order chi connectivity index (χ1) is 8.52. The first-order valence-electron chi connectivity index (χ1n) is 8.28. The molecule has 0 amide bonds. The van der Waals surface area contributed by atoms with Gasteiger partial charge in [-0.1, -0.05) is 47.0 Å². The van der Waals surface area contributed by atoms with E-state index in [1.165, 1.54) is 38.6 Å². The summed E-state index contributed by atoms with van der Waals surface area (Å²) in [6.07, 6.45) is 9.11. The fourth-order valence-corrected chi connectivity index (χ4v) is 5.51. The minimum atomic E-state index is 0.463. The van der Waals surface area contributed by atoms with E-state index < -0.39 is 0 Å². The predicted octanol–water partition coefficient (Wildman–Crippen LogP) is 4.32. The largest absolute Gasteiger partial charge is 0.297 e. The van der Waals surface area contributed by atoms with E-state index in [9.17, 15) is 0 Å². The Morgan fingerprint density at radius 1 is 1.00 bits per heavy atom. The lowest BCUT2D eigenvalue weighted by Gasteiger charge is -2.38. The average Bonchev–Trinajstić information content (AvgIpc) is 2.83. The summed E-state index contributed by atoms with van der Waals surface area (Å²) < 4.78 is 0. The van der Waals surface area contributed by atoms with E-state index >= 15 is 0 Å². The third kappa shape index (κ3) is 1.94. The lowest BCUT2D eigenvalue weighted by Crippen LogP contribution is -2.43. The van der Waals surface area contributed by atoms with E-state index in [4.69, 9.17) is 0 Å². The predicted molar refractivity (Wildman–Crippen MR) is 77.6 cm³/mol. The third-order valence-electron chi connectivity index (χ3n) is 6.24. The number of rotatable bonds is 1. The van der Waals surface area contributed by atoms with Crippen molar-refractivity contribution in [2.45, 2.75) is 78.3 Å². The van der Waals surface area contributed by atoms with Gasteiger partial charge in [-0.05, 0) is 49.0 Å². The second-order valence-electron chi connectivity index (χ2n) is 8.12. The van der Waals surface area contributed by atoms with Gasteiger partial charge in [-0.3, -0.25) is 4.90 Å². The molecule has 3 aliphatic rings. The lowest BCUT2D eigenvalue weighted by atomic mass is 9.75. The summed E-state index contributed by atoms with van der Waals surface area (Å²) >= 11 is 0. The van der Waals surface area contributed by atoms with Crippen LogP contribution in [0.1, 0.15) is 66.2 Å². The van der Waals surface area contributed by atoms with Gasteiger partial charge in [-0.2, -0.15) is 0 Å². The van der Waals surface area contributed by atoms with Crippen molar-refractivity contribution in [1.82, 2.24) is 4.90 Å². The molecule has 0 bridgehead atoms. The summed E-state index contributed by atoms with van der Waals surface area (Å²) in [6.45, 7) is 11.0. The van der Waals surface area contributed by atoms with Crippen molar-refractivity contribution in [2.24, 2.45) is 23.2 Å². The SMILES string of the molecule is CCN1C2CC3CCCCC3C2CC1C(C)(C)C. The zero-order valence-electron chi connectivity index (χ0n) is 12.8. The number of hydrogen-bond acceptors (Lipinski definition) is 1. The van der Waals surface area contributed by atoms with Gasteiger partial charge in [0.25, 0.3) is 0 Å². The van der Waals surface area contributed by atoms with E-state index in [0.29, 0.717) is 5.41 Å². The molecule has 3 fully saturated rings. The van der Waals surface area contributed by atoms with E-state index in [0.717, 1.165) is 29.8 Å². The normalized spacial score (nSPS) is 45.0. The van der Waals surface area contributed by atoms with Crippen LogP contribution < -0.4 is 0 Å². The molecular formula is C17H31N. The minimum absolute atomic E-state index is 0.463. The highest BCUT2D eigenvalue weighted by atomic mass is 15.2. The average molecular weight is 249 g/mol. The summed E-state index contributed by atoms with van der Waals surface area (Å²) in [4.78, 5) is 2.88. The van der Waals surface area contributed by atoms with Crippen molar-refractivity contribution in [2.75, 3.05) is 6.54 Å². The Hall–Kier alpha value is -0.0400. The smallest absolute Gasteiger partial charge is 0.0150 e. The zero-order valence-corrected chi connectivity index (χ0v) is 12.8. The molecule has 0 spiro atoms. The van der Waals surface area contributed by atoms with Gasteiger partial charge in [0, 0.05) is 12.1 Å². The van der Waals surface area contributed by atoms with Crippen LogP contribution in [0.3, 0.4) is 0 Å². The van der Waals surface area contributed by atoms with Crippen molar-refractivity contribution in [1.29, 1.82) is 0 Å². The van der Waals surface area contributed by atoms with Gasteiger partial charge in [0.05, 0.1) is 0 Å². The van der Waals surface area contributed by atoms with E-state index in [1.807, 2.05) is 0 Å². The van der Waals surface area contributed by atoms with Gasteiger partial charge in [-0.25, -0.2) is 0 Å². The summed E-state index contributed by atoms with van der Waals surface area (Å²) in [5.74, 6) is 3.22. The van der Waals surface area contributed by atoms with Gasteiger partial charge >= 0.3 is 0 Å². The molecule has 0 aromatic heterocycles. The molecule has 1 heterocycles. The first-order valence-corrected chi connectivity index (χ1v) is 8.28. The first kappa shape index (κ1) is 13.0. The molecule has 5 atom stereocenters. The maximum Gasteiger partial charge on any atom is 0.0150 e. The zero-order chi connectivity index (χ0) is 12.9. The number of likely N-dealkylation sites (tertiary alicyclic amines) is 1. The Labute approximate surface area is 113 Å². The second-order valence-corrected chi connectivity index (χ2v) is 8.12. The molecule has 0 aromatic rings. The maximum atomic E-state index is 2.88. The van der Waals surface area contributed by atoms with Crippen molar-refractivity contribution in [3.63, 3.8) is 0 Å². The summed E-state index contributed by atoms with van der Waals surface area (Å²) in [5, 5.41) is 0. The molecule has 0 N–H and O–H groups in total. The van der Waals surface area contributed by atoms with Crippen LogP contribution in [-0.4, -0.2) is 23.5 Å². The summed E-state index contributed by atoms with van der Waals surface area (Å²) in [6, 6.07) is 1.77. The van der Waals surface area contributed by atoms with Crippen molar-refractivity contribution >= 4 is 0 Å². The molecule has 0 radical (unpaired) electrons. The molecule has 1 saturated heterocycles. The quantitative estimate of drug-likeness (QED) is 0.669. The Morgan fingerprint density at radius 2 is 1.72 bits per heavy atom.